The van der Waals surface area contributed by atoms with Gasteiger partial charge in [0, 0.05) is 13.3 Å². The Morgan fingerprint density at radius 2 is 2.50 bits per heavy atom. The van der Waals surface area contributed by atoms with Gasteiger partial charge >= 0.3 is 0 Å². The fourth-order valence-electron chi connectivity index (χ4n) is 0.745. The van der Waals surface area contributed by atoms with Crippen LogP contribution in [0.25, 0.3) is 0 Å². The van der Waals surface area contributed by atoms with Crippen LogP contribution in [-0.2, 0) is 0 Å². The third-order valence-electron chi connectivity index (χ3n) is 1.27. The van der Waals surface area contributed by atoms with Crippen molar-refractivity contribution in [2.75, 3.05) is 0 Å². The highest BCUT2D eigenvalue weighted by Crippen LogP contribution is 2.00. The van der Waals surface area contributed by atoms with Crippen molar-refractivity contribution in [3.8, 4) is 0 Å². The maximum absolute atomic E-state index is 10.6. The number of carbonyl (C=O) groups is 1. The average Bonchev–Trinajstić information content (AvgIpc) is 1.88. The number of hydrogen-bond donors (Lipinski definition) is 1. The maximum atomic E-state index is 10.6. The summed E-state index contributed by atoms with van der Waals surface area (Å²) in [6.45, 7) is 1.75. The summed E-state index contributed by atoms with van der Waals surface area (Å²) in [5.74, 6) is -0.425. The highest BCUT2D eigenvalue weighted by molar-refractivity contribution is 5.93. The van der Waals surface area contributed by atoms with Crippen molar-refractivity contribution in [1.29, 1.82) is 0 Å². The van der Waals surface area contributed by atoms with Crippen molar-refractivity contribution in [3.05, 3.63) is 29.6 Å². The van der Waals surface area contributed by atoms with Crippen molar-refractivity contribution < 1.29 is 6.22 Å². The van der Waals surface area contributed by atoms with Gasteiger partial charge in [-0.25, -0.2) is 0 Å². The number of nitrogens with zero attached hydrogens (tertiary/aromatic N) is 1. The number of rotatable bonds is 1. The first-order chi connectivity index (χ1) is 4.72. The van der Waals surface area contributed by atoms with Crippen LogP contribution < -0.4 is 5.73 Å². The Morgan fingerprint density at radius 3 is 2.90 bits per heavy atom. The zero-order valence-electron chi connectivity index (χ0n) is 6.66. The fraction of sp³-hybridized carbons (Fsp3) is 0.143. The molecule has 0 aromatic carbocycles. The molecule has 0 atom stereocenters. The molecule has 1 amide bonds. The second-order valence-corrected chi connectivity index (χ2v) is 2.00. The van der Waals surface area contributed by atoms with Crippen LogP contribution in [0.4, 0.5) is 0 Å². The topological polar surface area (TPSA) is 56.0 Å². The van der Waals surface area contributed by atoms with Gasteiger partial charge in [-0.3, -0.25) is 9.78 Å². The molecule has 2 N–H and O–H groups in total. The molecule has 0 saturated heterocycles. The van der Waals surface area contributed by atoms with Gasteiger partial charge in [-0.1, -0.05) is 0 Å². The number of hydrogen-bond acceptors (Lipinski definition) is 2. The van der Waals surface area contributed by atoms with Gasteiger partial charge in [0.25, 0.3) is 5.91 Å². The largest absolute Gasteiger partial charge is 0.366 e. The normalized spacial score (nSPS) is 9.30. The minimum absolute atomic E-state index is 0. The van der Waals surface area contributed by atoms with Crippen molar-refractivity contribution >= 4 is 5.91 Å². The molecule has 1 radical (unpaired) electrons. The Balaban J connectivity index is 0.000001000. The summed E-state index contributed by atoms with van der Waals surface area (Å²) < 4.78 is 0. The molecule has 0 aliphatic heterocycles. The number of pyridine rings is 1. The molecule has 1 aromatic heterocycles. The zero-order valence-corrected chi connectivity index (χ0v) is 5.66. The van der Waals surface area contributed by atoms with E-state index in [1.54, 1.807) is 25.3 Å². The number of aryl methyl sites for hydroxylation is 1. The van der Waals surface area contributed by atoms with Crippen LogP contribution in [-0.4, -0.2) is 10.9 Å². The Morgan fingerprint density at radius 1 is 1.80 bits per heavy atom. The summed E-state index contributed by atoms with van der Waals surface area (Å²) in [6.07, 6.45) is 1.63. The Labute approximate surface area is 60.4 Å². The molecule has 1 heterocycles. The third kappa shape index (κ3) is 1.13. The van der Waals surface area contributed by atoms with E-state index >= 15 is 0 Å². The lowest BCUT2D eigenvalue weighted by Gasteiger charge is -1.96. The van der Waals surface area contributed by atoms with Crippen molar-refractivity contribution in [3.63, 3.8) is 0 Å². The first-order valence-electron chi connectivity index (χ1n) is 2.93. The maximum Gasteiger partial charge on any atom is 0.250 e. The molecule has 0 bridgehead atoms. The van der Waals surface area contributed by atoms with Crippen LogP contribution in [0.3, 0.4) is 0 Å². The standard InChI is InChI=1S/C7H8N2O.H/c1-5-6(7(8)10)3-2-4-9-5;/h2-4H,1H3,(H2,8,10);/i;1+1. The van der Waals surface area contributed by atoms with Crippen LogP contribution in [0.2, 0.25) is 0 Å². The van der Waals surface area contributed by atoms with Crippen LogP contribution in [0, 0.1) is 6.92 Å². The smallest absolute Gasteiger partial charge is 0.250 e. The van der Waals surface area contributed by atoms with E-state index in [1.807, 2.05) is 0 Å². The lowest BCUT2D eigenvalue weighted by molar-refractivity contribution is 0.0999. The predicted octanol–water partition coefficient (Wildman–Crippen LogP) is 0.601. The van der Waals surface area contributed by atoms with Crippen molar-refractivity contribution in [1.82, 2.24) is 4.98 Å². The molecule has 3 heteroatoms. The molecule has 1 aromatic rings. The molecule has 53 valence electrons. The van der Waals surface area contributed by atoms with E-state index in [1.165, 1.54) is 0 Å². The second kappa shape index (κ2) is 2.47. The van der Waals surface area contributed by atoms with Gasteiger partial charge in [0.15, 0.2) is 0 Å². The Bertz CT molecular complexity index is 262. The van der Waals surface area contributed by atoms with E-state index in [0.29, 0.717) is 11.3 Å². The van der Waals surface area contributed by atoms with E-state index in [4.69, 9.17) is 5.73 Å². The third-order valence-corrected chi connectivity index (χ3v) is 1.27. The van der Waals surface area contributed by atoms with Gasteiger partial charge in [-0.15, -0.1) is 0 Å². The highest BCUT2D eigenvalue weighted by Gasteiger charge is 2.01. The molecule has 0 spiro atoms. The summed E-state index contributed by atoms with van der Waals surface area (Å²) in [4.78, 5) is 14.5. The van der Waals surface area contributed by atoms with Gasteiger partial charge in [-0.05, 0) is 19.1 Å². The number of nitrogens with two attached hydrogens (primary N) is 1. The summed E-state index contributed by atoms with van der Waals surface area (Å²) in [7, 11) is 0. The molecule has 0 saturated carbocycles. The van der Waals surface area contributed by atoms with E-state index in [-0.39, 0.29) is 1.43 Å². The summed E-state index contributed by atoms with van der Waals surface area (Å²) in [5, 5.41) is 0. The van der Waals surface area contributed by atoms with Crippen LogP contribution in [0.15, 0.2) is 18.3 Å². The molecule has 0 aliphatic rings. The predicted molar refractivity (Wildman–Crippen MR) is 38.6 cm³/mol. The van der Waals surface area contributed by atoms with E-state index in [9.17, 15) is 4.79 Å². The molecule has 10 heavy (non-hydrogen) atoms. The molecular formula is C7H9N2O. The van der Waals surface area contributed by atoms with Gasteiger partial charge in [-0.2, -0.15) is 0 Å². The van der Waals surface area contributed by atoms with Crippen LogP contribution >= 0.6 is 0 Å². The number of primary amides is 1. The second-order valence-electron chi connectivity index (χ2n) is 2.00. The number of aromatic nitrogens is 1. The Kier molecular flexibility index (Phi) is 1.67. The lowest BCUT2D eigenvalue weighted by atomic mass is 10.2. The summed E-state index contributed by atoms with van der Waals surface area (Å²) in [6, 6.07) is 3.34. The Hall–Kier alpha value is -1.38. The van der Waals surface area contributed by atoms with E-state index in [2.05, 4.69) is 4.98 Å². The van der Waals surface area contributed by atoms with Gasteiger partial charge < -0.3 is 5.73 Å². The molecular weight excluding hydrogens is 128 g/mol. The summed E-state index contributed by atoms with van der Waals surface area (Å²) >= 11 is 0. The summed E-state index contributed by atoms with van der Waals surface area (Å²) in [5.41, 5.74) is 6.20. The molecule has 0 aliphatic carbocycles. The lowest BCUT2D eigenvalue weighted by Crippen LogP contribution is -2.12. The molecule has 1 rings (SSSR count). The van der Waals surface area contributed by atoms with Gasteiger partial charge in [0.1, 0.15) is 0 Å². The average molecular weight is 138 g/mol. The first kappa shape index (κ1) is 6.74. The van der Waals surface area contributed by atoms with E-state index < -0.39 is 5.91 Å². The van der Waals surface area contributed by atoms with Crippen molar-refractivity contribution in [2.24, 2.45) is 5.73 Å². The van der Waals surface area contributed by atoms with Gasteiger partial charge in [0.05, 0.1) is 5.56 Å². The zero-order chi connectivity index (χ0) is 7.56. The number of amides is 1. The monoisotopic (exact) mass is 138 g/mol. The van der Waals surface area contributed by atoms with E-state index in [0.717, 1.165) is 0 Å². The quantitative estimate of drug-likeness (QED) is 0.617. The van der Waals surface area contributed by atoms with Crippen LogP contribution in [0.1, 0.15) is 17.5 Å². The first-order valence-corrected chi connectivity index (χ1v) is 2.93. The fourth-order valence-corrected chi connectivity index (χ4v) is 0.745. The van der Waals surface area contributed by atoms with Gasteiger partial charge in [0.2, 0.25) is 0 Å². The molecule has 0 unspecified atom stereocenters. The number of carbonyl (C=O) groups excluding carboxylic acids is 1. The minimum Gasteiger partial charge on any atom is -0.366 e. The molecule has 0 fully saturated rings. The molecule has 3 nitrogen and oxygen atoms in total. The minimum atomic E-state index is -0.425. The SMILES string of the molecule is Cc1ncccc1C(N)=O.[2H]. The highest BCUT2D eigenvalue weighted by atomic mass is 16.1. The van der Waals surface area contributed by atoms with Crippen molar-refractivity contribution in [2.45, 2.75) is 6.92 Å². The van der Waals surface area contributed by atoms with Crippen LogP contribution in [0.5, 0.6) is 0 Å².